The summed E-state index contributed by atoms with van der Waals surface area (Å²) in [7, 11) is 0. The number of rotatable bonds is 3. The van der Waals surface area contributed by atoms with Gasteiger partial charge in [0, 0.05) is 5.41 Å². The SMILES string of the molecule is C=C(C)C1CCC2(C)CCC3(C)C(CCC4C5(C)CCC(OC=O)C(C)(C)C5CCC43C)C12. The first-order valence-electron chi connectivity index (χ1n) is 14.1. The van der Waals surface area contributed by atoms with Gasteiger partial charge in [-0.05, 0) is 122 Å². The van der Waals surface area contributed by atoms with Gasteiger partial charge in [-0.3, -0.25) is 4.79 Å². The highest BCUT2D eigenvalue weighted by Crippen LogP contribution is 2.77. The molecule has 0 radical (unpaired) electrons. The maximum atomic E-state index is 11.2. The zero-order chi connectivity index (χ0) is 24.0. The highest BCUT2D eigenvalue weighted by atomic mass is 16.5. The van der Waals surface area contributed by atoms with Gasteiger partial charge in [0.1, 0.15) is 6.10 Å². The highest BCUT2D eigenvalue weighted by Gasteiger charge is 2.70. The van der Waals surface area contributed by atoms with E-state index < -0.39 is 0 Å². The van der Waals surface area contributed by atoms with Gasteiger partial charge in [-0.15, -0.1) is 0 Å². The van der Waals surface area contributed by atoms with E-state index >= 15 is 0 Å². The predicted molar refractivity (Wildman–Crippen MR) is 136 cm³/mol. The summed E-state index contributed by atoms with van der Waals surface area (Å²) in [5.74, 6) is 3.86. The van der Waals surface area contributed by atoms with Gasteiger partial charge in [0.2, 0.25) is 0 Å². The van der Waals surface area contributed by atoms with E-state index in [-0.39, 0.29) is 11.5 Å². The number of hydrogen-bond donors (Lipinski definition) is 0. The lowest BCUT2D eigenvalue weighted by Crippen LogP contribution is -2.66. The molecule has 10 atom stereocenters. The van der Waals surface area contributed by atoms with Crippen LogP contribution < -0.4 is 0 Å². The van der Waals surface area contributed by atoms with E-state index in [1.807, 2.05) is 0 Å². The molecule has 0 amide bonds. The van der Waals surface area contributed by atoms with Gasteiger partial charge < -0.3 is 4.74 Å². The third-order valence-electron chi connectivity index (χ3n) is 13.6. The fraction of sp³-hybridized carbons (Fsp3) is 0.903. The molecule has 5 aliphatic carbocycles. The van der Waals surface area contributed by atoms with Crippen molar-refractivity contribution < 1.29 is 9.53 Å². The lowest BCUT2D eigenvalue weighted by molar-refractivity contribution is -0.247. The second-order valence-corrected chi connectivity index (χ2v) is 14.9. The number of allylic oxidation sites excluding steroid dienone is 1. The first-order valence-corrected chi connectivity index (χ1v) is 14.1. The molecule has 2 heteroatoms. The van der Waals surface area contributed by atoms with Crippen molar-refractivity contribution >= 4 is 6.47 Å². The smallest absolute Gasteiger partial charge is 0.293 e. The van der Waals surface area contributed by atoms with Crippen LogP contribution in [0.3, 0.4) is 0 Å². The highest BCUT2D eigenvalue weighted by molar-refractivity contribution is 5.38. The van der Waals surface area contributed by atoms with Crippen LogP contribution >= 0.6 is 0 Å². The normalized spacial score (nSPS) is 54.9. The van der Waals surface area contributed by atoms with Crippen LogP contribution in [0.25, 0.3) is 0 Å². The zero-order valence-electron chi connectivity index (χ0n) is 22.6. The fourth-order valence-electron chi connectivity index (χ4n) is 11.8. The number of fused-ring (bicyclic) bond motifs is 7. The fourth-order valence-corrected chi connectivity index (χ4v) is 11.8. The summed E-state index contributed by atoms with van der Waals surface area (Å²) in [4.78, 5) is 11.2. The molecule has 0 bridgehead atoms. The molecule has 0 heterocycles. The zero-order valence-corrected chi connectivity index (χ0v) is 22.6. The molecule has 0 saturated heterocycles. The van der Waals surface area contributed by atoms with E-state index in [0.29, 0.717) is 34.1 Å². The van der Waals surface area contributed by atoms with Crippen molar-refractivity contribution in [3.05, 3.63) is 12.2 Å². The standard InChI is InChI=1S/C31H50O2/c1-20(2)21-11-14-28(5)17-18-30(7)22(26(21)28)9-10-24-29(6)15-13-25(33-19-32)27(3,4)23(29)12-16-31(24,30)8/h19,21-26H,1,9-18H2,2-8H3. The Morgan fingerprint density at radius 2 is 1.55 bits per heavy atom. The van der Waals surface area contributed by atoms with Crippen molar-refractivity contribution in [2.75, 3.05) is 0 Å². The number of carbonyl (C=O) groups is 1. The van der Waals surface area contributed by atoms with Gasteiger partial charge in [0.15, 0.2) is 0 Å². The van der Waals surface area contributed by atoms with Crippen molar-refractivity contribution in [3.63, 3.8) is 0 Å². The molecule has 0 aromatic rings. The van der Waals surface area contributed by atoms with Crippen LogP contribution in [0.4, 0.5) is 0 Å². The molecule has 0 aliphatic heterocycles. The molecular weight excluding hydrogens is 404 g/mol. The maximum absolute atomic E-state index is 11.2. The first kappa shape index (κ1) is 23.9. The van der Waals surface area contributed by atoms with Gasteiger partial charge in [-0.2, -0.15) is 0 Å². The lowest BCUT2D eigenvalue weighted by atomic mass is 9.32. The van der Waals surface area contributed by atoms with Gasteiger partial charge in [0.25, 0.3) is 6.47 Å². The van der Waals surface area contributed by atoms with Crippen LogP contribution in [0.1, 0.15) is 113 Å². The van der Waals surface area contributed by atoms with Gasteiger partial charge in [-0.25, -0.2) is 0 Å². The largest absolute Gasteiger partial charge is 0.464 e. The molecule has 0 aromatic heterocycles. The number of hydrogen-bond acceptors (Lipinski definition) is 2. The van der Waals surface area contributed by atoms with Crippen LogP contribution in [-0.4, -0.2) is 12.6 Å². The van der Waals surface area contributed by atoms with Crippen LogP contribution in [0, 0.1) is 56.7 Å². The van der Waals surface area contributed by atoms with E-state index in [9.17, 15) is 4.79 Å². The molecule has 5 saturated carbocycles. The van der Waals surface area contributed by atoms with Crippen molar-refractivity contribution in [1.29, 1.82) is 0 Å². The van der Waals surface area contributed by atoms with E-state index in [4.69, 9.17) is 4.74 Å². The molecular formula is C31H50O2. The molecule has 0 N–H and O–H groups in total. The molecule has 2 nitrogen and oxygen atoms in total. The van der Waals surface area contributed by atoms with E-state index in [0.717, 1.165) is 30.1 Å². The van der Waals surface area contributed by atoms with Crippen LogP contribution in [0.15, 0.2) is 12.2 Å². The Morgan fingerprint density at radius 3 is 2.21 bits per heavy atom. The topological polar surface area (TPSA) is 26.3 Å². The Balaban J connectivity index is 1.51. The Hall–Kier alpha value is -0.790. The molecule has 5 aliphatic rings. The Morgan fingerprint density at radius 1 is 0.818 bits per heavy atom. The molecule has 0 spiro atoms. The number of carbonyl (C=O) groups excluding carboxylic acids is 1. The second kappa shape index (κ2) is 7.36. The van der Waals surface area contributed by atoms with Crippen molar-refractivity contribution in [3.8, 4) is 0 Å². The average molecular weight is 455 g/mol. The monoisotopic (exact) mass is 454 g/mol. The molecule has 10 unspecified atom stereocenters. The summed E-state index contributed by atoms with van der Waals surface area (Å²) in [5, 5.41) is 0. The minimum Gasteiger partial charge on any atom is -0.464 e. The molecule has 186 valence electrons. The second-order valence-electron chi connectivity index (χ2n) is 14.9. The summed E-state index contributed by atoms with van der Waals surface area (Å²) < 4.78 is 5.66. The summed E-state index contributed by atoms with van der Waals surface area (Å²) in [6.45, 7) is 23.0. The first-order chi connectivity index (χ1) is 15.3. The lowest BCUT2D eigenvalue weighted by Gasteiger charge is -2.73. The van der Waals surface area contributed by atoms with Crippen LogP contribution in [0.5, 0.6) is 0 Å². The predicted octanol–water partition coefficient (Wildman–Crippen LogP) is 8.21. The summed E-state index contributed by atoms with van der Waals surface area (Å²) in [5.41, 5.74) is 3.26. The van der Waals surface area contributed by atoms with Gasteiger partial charge in [0.05, 0.1) is 0 Å². The van der Waals surface area contributed by atoms with Gasteiger partial charge in [-0.1, -0.05) is 53.7 Å². The maximum Gasteiger partial charge on any atom is 0.293 e. The molecule has 5 fully saturated rings. The Labute approximate surface area is 203 Å². The van der Waals surface area contributed by atoms with Crippen molar-refractivity contribution in [2.45, 2.75) is 119 Å². The summed E-state index contributed by atoms with van der Waals surface area (Å²) in [6.07, 6.45) is 13.4. The van der Waals surface area contributed by atoms with E-state index in [2.05, 4.69) is 55.0 Å². The molecule has 0 aromatic carbocycles. The quantitative estimate of drug-likeness (QED) is 0.317. The van der Waals surface area contributed by atoms with Crippen LogP contribution in [0.2, 0.25) is 0 Å². The Kier molecular flexibility index (Phi) is 5.34. The molecule has 33 heavy (non-hydrogen) atoms. The van der Waals surface area contributed by atoms with Crippen molar-refractivity contribution in [1.82, 2.24) is 0 Å². The summed E-state index contributed by atoms with van der Waals surface area (Å²) in [6, 6.07) is 0. The Bertz CT molecular complexity index is 829. The minimum absolute atomic E-state index is 0.0641. The van der Waals surface area contributed by atoms with Gasteiger partial charge >= 0.3 is 0 Å². The summed E-state index contributed by atoms with van der Waals surface area (Å²) >= 11 is 0. The van der Waals surface area contributed by atoms with Crippen LogP contribution in [-0.2, 0) is 9.53 Å². The average Bonchev–Trinajstić information content (AvgIpc) is 3.09. The molecule has 5 rings (SSSR count). The van der Waals surface area contributed by atoms with E-state index in [1.54, 1.807) is 0 Å². The minimum atomic E-state index is 0.0641. The number of ether oxygens (including phenoxy) is 1. The third kappa shape index (κ3) is 2.94. The third-order valence-corrected chi connectivity index (χ3v) is 13.6. The van der Waals surface area contributed by atoms with Crippen molar-refractivity contribution in [2.24, 2.45) is 56.7 Å². The van der Waals surface area contributed by atoms with E-state index in [1.165, 1.54) is 63.4 Å².